The quantitative estimate of drug-likeness (QED) is 0.925. The second-order valence-electron chi connectivity index (χ2n) is 5.12. The Labute approximate surface area is 119 Å². The molecular weight excluding hydrogens is 252 g/mol. The van der Waals surface area contributed by atoms with Crippen LogP contribution in [0.15, 0.2) is 18.2 Å². The predicted molar refractivity (Wildman–Crippen MR) is 79.1 cm³/mol. The van der Waals surface area contributed by atoms with Gasteiger partial charge in [-0.3, -0.25) is 4.68 Å². The molecular formula is C16H20N2O2. The van der Waals surface area contributed by atoms with Crippen LogP contribution in [0.4, 0.5) is 0 Å². The molecule has 0 amide bonds. The Kier molecular flexibility index (Phi) is 3.93. The van der Waals surface area contributed by atoms with Gasteiger partial charge in [-0.25, -0.2) is 4.79 Å². The lowest BCUT2D eigenvalue weighted by molar-refractivity contribution is 0.0698. The molecule has 0 unspecified atom stereocenters. The topological polar surface area (TPSA) is 55.1 Å². The number of rotatable bonds is 4. The van der Waals surface area contributed by atoms with Crippen molar-refractivity contribution >= 4 is 5.97 Å². The molecule has 4 nitrogen and oxygen atoms in total. The zero-order chi connectivity index (χ0) is 14.9. The summed E-state index contributed by atoms with van der Waals surface area (Å²) in [5.74, 6) is -0.901. The second kappa shape index (κ2) is 5.49. The number of aromatic carboxylic acids is 1. The SMILES string of the molecule is CCCn1nc(C)c(-c2cc(C)ccc2C(=O)O)c1C. The van der Waals surface area contributed by atoms with Crippen molar-refractivity contribution in [2.45, 2.75) is 40.7 Å². The average molecular weight is 272 g/mol. The van der Waals surface area contributed by atoms with E-state index in [2.05, 4.69) is 12.0 Å². The fourth-order valence-corrected chi connectivity index (χ4v) is 2.57. The van der Waals surface area contributed by atoms with Crippen LogP contribution in [0.1, 0.15) is 40.7 Å². The Bertz CT molecular complexity index is 657. The van der Waals surface area contributed by atoms with Crippen molar-refractivity contribution in [3.8, 4) is 11.1 Å². The predicted octanol–water partition coefficient (Wildman–Crippen LogP) is 3.58. The fourth-order valence-electron chi connectivity index (χ4n) is 2.57. The average Bonchev–Trinajstić information content (AvgIpc) is 2.64. The van der Waals surface area contributed by atoms with Gasteiger partial charge in [0.25, 0.3) is 0 Å². The van der Waals surface area contributed by atoms with Crippen molar-refractivity contribution < 1.29 is 9.90 Å². The Balaban J connectivity index is 2.68. The van der Waals surface area contributed by atoms with Crippen LogP contribution in [0.25, 0.3) is 11.1 Å². The van der Waals surface area contributed by atoms with E-state index in [0.29, 0.717) is 5.56 Å². The van der Waals surface area contributed by atoms with Gasteiger partial charge in [-0.15, -0.1) is 0 Å². The normalized spacial score (nSPS) is 10.8. The maximum atomic E-state index is 11.4. The number of hydrogen-bond acceptors (Lipinski definition) is 2. The van der Waals surface area contributed by atoms with Gasteiger partial charge in [0.2, 0.25) is 0 Å². The first-order valence-electron chi connectivity index (χ1n) is 6.84. The molecule has 1 aromatic carbocycles. The minimum Gasteiger partial charge on any atom is -0.478 e. The summed E-state index contributed by atoms with van der Waals surface area (Å²) in [5, 5.41) is 13.9. The van der Waals surface area contributed by atoms with Gasteiger partial charge in [-0.1, -0.05) is 24.6 Å². The molecule has 0 aliphatic rings. The van der Waals surface area contributed by atoms with Crippen molar-refractivity contribution in [3.63, 3.8) is 0 Å². The molecule has 0 radical (unpaired) electrons. The van der Waals surface area contributed by atoms with Gasteiger partial charge in [0.1, 0.15) is 0 Å². The third kappa shape index (κ3) is 2.46. The van der Waals surface area contributed by atoms with Crippen molar-refractivity contribution in [1.29, 1.82) is 0 Å². The summed E-state index contributed by atoms with van der Waals surface area (Å²) < 4.78 is 1.96. The molecule has 2 rings (SSSR count). The monoisotopic (exact) mass is 272 g/mol. The zero-order valence-corrected chi connectivity index (χ0v) is 12.4. The Morgan fingerprint density at radius 1 is 1.30 bits per heavy atom. The molecule has 20 heavy (non-hydrogen) atoms. The first kappa shape index (κ1) is 14.3. The summed E-state index contributed by atoms with van der Waals surface area (Å²) in [4.78, 5) is 11.4. The van der Waals surface area contributed by atoms with Crippen LogP contribution in [0.3, 0.4) is 0 Å². The van der Waals surface area contributed by atoms with Crippen molar-refractivity contribution in [2.75, 3.05) is 0 Å². The Morgan fingerprint density at radius 3 is 2.60 bits per heavy atom. The van der Waals surface area contributed by atoms with Gasteiger partial charge in [0, 0.05) is 23.4 Å². The smallest absolute Gasteiger partial charge is 0.336 e. The molecule has 1 N–H and O–H groups in total. The van der Waals surface area contributed by atoms with Crippen LogP contribution < -0.4 is 0 Å². The third-order valence-electron chi connectivity index (χ3n) is 3.49. The third-order valence-corrected chi connectivity index (χ3v) is 3.49. The second-order valence-corrected chi connectivity index (χ2v) is 5.12. The lowest BCUT2D eigenvalue weighted by Gasteiger charge is -2.09. The number of aryl methyl sites for hydroxylation is 3. The molecule has 0 saturated carbocycles. The van der Waals surface area contributed by atoms with E-state index in [4.69, 9.17) is 0 Å². The summed E-state index contributed by atoms with van der Waals surface area (Å²) >= 11 is 0. The molecule has 1 aromatic heterocycles. The van der Waals surface area contributed by atoms with Gasteiger partial charge >= 0.3 is 5.97 Å². The van der Waals surface area contributed by atoms with Crippen LogP contribution in [0.2, 0.25) is 0 Å². The van der Waals surface area contributed by atoms with Crippen LogP contribution in [0, 0.1) is 20.8 Å². The summed E-state index contributed by atoms with van der Waals surface area (Å²) in [6.07, 6.45) is 1.00. The van der Waals surface area contributed by atoms with Gasteiger partial charge in [0.05, 0.1) is 11.3 Å². The highest BCUT2D eigenvalue weighted by atomic mass is 16.4. The molecule has 0 atom stereocenters. The number of carbonyl (C=O) groups is 1. The minimum absolute atomic E-state index is 0.331. The molecule has 2 aromatic rings. The lowest BCUT2D eigenvalue weighted by atomic mass is 9.96. The van der Waals surface area contributed by atoms with Crippen LogP contribution in [-0.4, -0.2) is 20.9 Å². The van der Waals surface area contributed by atoms with Crippen LogP contribution in [-0.2, 0) is 6.54 Å². The summed E-state index contributed by atoms with van der Waals surface area (Å²) in [6.45, 7) is 8.85. The molecule has 0 aliphatic carbocycles. The van der Waals surface area contributed by atoms with Gasteiger partial charge in [-0.2, -0.15) is 5.10 Å². The van der Waals surface area contributed by atoms with Crippen molar-refractivity contribution in [2.24, 2.45) is 0 Å². The van der Waals surface area contributed by atoms with Gasteiger partial charge in [0.15, 0.2) is 0 Å². The van der Waals surface area contributed by atoms with E-state index in [1.54, 1.807) is 6.07 Å². The summed E-state index contributed by atoms with van der Waals surface area (Å²) in [7, 11) is 0. The molecule has 0 aliphatic heterocycles. The van der Waals surface area contributed by atoms with Crippen molar-refractivity contribution in [3.05, 3.63) is 40.7 Å². The first-order chi connectivity index (χ1) is 9.45. The lowest BCUT2D eigenvalue weighted by Crippen LogP contribution is -2.03. The number of benzene rings is 1. The zero-order valence-electron chi connectivity index (χ0n) is 12.4. The maximum absolute atomic E-state index is 11.4. The highest BCUT2D eigenvalue weighted by molar-refractivity contribution is 5.97. The molecule has 0 saturated heterocycles. The van der Waals surface area contributed by atoms with E-state index in [9.17, 15) is 9.90 Å². The van der Waals surface area contributed by atoms with E-state index in [0.717, 1.165) is 41.0 Å². The molecule has 1 heterocycles. The number of carboxylic acids is 1. The van der Waals surface area contributed by atoms with E-state index in [-0.39, 0.29) is 0 Å². The number of hydrogen-bond donors (Lipinski definition) is 1. The number of aromatic nitrogens is 2. The molecule has 0 bridgehead atoms. The highest BCUT2D eigenvalue weighted by Crippen LogP contribution is 2.31. The minimum atomic E-state index is -0.901. The fraction of sp³-hybridized carbons (Fsp3) is 0.375. The summed E-state index contributed by atoms with van der Waals surface area (Å²) in [6, 6.07) is 5.42. The molecule has 0 spiro atoms. The van der Waals surface area contributed by atoms with E-state index < -0.39 is 5.97 Å². The standard InChI is InChI=1S/C16H20N2O2/c1-5-8-18-12(4)15(11(3)17-18)14-9-10(2)6-7-13(14)16(19)20/h6-7,9H,5,8H2,1-4H3,(H,19,20). The van der Waals surface area contributed by atoms with Crippen molar-refractivity contribution in [1.82, 2.24) is 9.78 Å². The van der Waals surface area contributed by atoms with Crippen LogP contribution >= 0.6 is 0 Å². The first-order valence-corrected chi connectivity index (χ1v) is 6.84. The molecule has 4 heteroatoms. The highest BCUT2D eigenvalue weighted by Gasteiger charge is 2.19. The molecule has 0 fully saturated rings. The van der Waals surface area contributed by atoms with E-state index >= 15 is 0 Å². The van der Waals surface area contributed by atoms with Gasteiger partial charge < -0.3 is 5.11 Å². The van der Waals surface area contributed by atoms with Crippen LogP contribution in [0.5, 0.6) is 0 Å². The Morgan fingerprint density at radius 2 is 2.00 bits per heavy atom. The summed E-state index contributed by atoms with van der Waals surface area (Å²) in [5.41, 5.74) is 4.99. The maximum Gasteiger partial charge on any atom is 0.336 e. The number of nitrogens with zero attached hydrogens (tertiary/aromatic N) is 2. The van der Waals surface area contributed by atoms with E-state index in [1.165, 1.54) is 0 Å². The Hall–Kier alpha value is -2.10. The number of carboxylic acid groups (broad SMARTS) is 1. The molecule has 106 valence electrons. The van der Waals surface area contributed by atoms with Gasteiger partial charge in [-0.05, 0) is 33.3 Å². The largest absolute Gasteiger partial charge is 0.478 e. The van der Waals surface area contributed by atoms with E-state index in [1.807, 2.05) is 37.6 Å².